The monoisotopic (exact) mass is 492 g/mol. The first-order valence-electron chi connectivity index (χ1n) is 8.90. The van der Waals surface area contributed by atoms with Gasteiger partial charge in [0.15, 0.2) is 5.45 Å². The summed E-state index contributed by atoms with van der Waals surface area (Å²) in [6.07, 6.45) is 4.12. The lowest BCUT2D eigenvalue weighted by atomic mass is 9.81. The Morgan fingerprint density at radius 2 is 1.87 bits per heavy atom. The quantitative estimate of drug-likeness (QED) is 0.128. The van der Waals surface area contributed by atoms with E-state index >= 15 is 0 Å². The number of halogens is 2. The van der Waals surface area contributed by atoms with E-state index in [1.165, 1.54) is 18.2 Å². The van der Waals surface area contributed by atoms with Crippen molar-refractivity contribution in [1.29, 1.82) is 0 Å². The molecule has 14 heteroatoms. The SMILES string of the molecule is CCOP(=O)(OCC)C(=NN)C1C=CC(Cl)=CC1(Cl)c1ccc([N+](=O)[O-])cc1[N+](=O)[O-]. The average Bonchev–Trinajstić information content (AvgIpc) is 2.70. The highest BCUT2D eigenvalue weighted by atomic mass is 35.5. The van der Waals surface area contributed by atoms with Gasteiger partial charge in [-0.25, -0.2) is 0 Å². The van der Waals surface area contributed by atoms with E-state index in [1.807, 2.05) is 0 Å². The highest BCUT2D eigenvalue weighted by Crippen LogP contribution is 2.58. The predicted octanol–water partition coefficient (Wildman–Crippen LogP) is 4.78. The van der Waals surface area contributed by atoms with Crippen LogP contribution in [-0.4, -0.2) is 28.5 Å². The third-order valence-electron chi connectivity index (χ3n) is 4.34. The molecule has 0 saturated carbocycles. The molecular formula is C17H19Cl2N4O7P. The Labute approximate surface area is 187 Å². The van der Waals surface area contributed by atoms with Gasteiger partial charge in [-0.2, -0.15) is 5.10 Å². The van der Waals surface area contributed by atoms with Gasteiger partial charge in [0.2, 0.25) is 0 Å². The smallest absolute Gasteiger partial charge is 0.323 e. The maximum atomic E-state index is 13.4. The minimum Gasteiger partial charge on any atom is -0.323 e. The van der Waals surface area contributed by atoms with Crippen LogP contribution < -0.4 is 5.84 Å². The van der Waals surface area contributed by atoms with Crippen LogP contribution >= 0.6 is 30.8 Å². The summed E-state index contributed by atoms with van der Waals surface area (Å²) in [5, 5.41) is 26.5. The Morgan fingerprint density at radius 3 is 2.35 bits per heavy atom. The number of nitrogens with two attached hydrogens (primary N) is 1. The third-order valence-corrected chi connectivity index (χ3v) is 7.27. The van der Waals surface area contributed by atoms with Crippen molar-refractivity contribution >= 4 is 47.6 Å². The van der Waals surface area contributed by atoms with Gasteiger partial charge in [-0.3, -0.25) is 24.8 Å². The van der Waals surface area contributed by atoms with Crippen molar-refractivity contribution in [3.05, 3.63) is 67.3 Å². The summed E-state index contributed by atoms with van der Waals surface area (Å²) in [5.41, 5.74) is -1.56. The molecule has 2 N–H and O–H groups in total. The molecule has 0 aliphatic heterocycles. The first-order valence-corrected chi connectivity index (χ1v) is 11.2. The van der Waals surface area contributed by atoms with Crippen LogP contribution in [0.4, 0.5) is 11.4 Å². The van der Waals surface area contributed by atoms with E-state index in [0.29, 0.717) is 0 Å². The minimum atomic E-state index is -4.04. The van der Waals surface area contributed by atoms with Gasteiger partial charge in [-0.15, -0.1) is 11.6 Å². The largest absolute Gasteiger partial charge is 0.377 e. The molecule has 0 bridgehead atoms. The Morgan fingerprint density at radius 1 is 1.26 bits per heavy atom. The number of nitro benzene ring substituents is 2. The van der Waals surface area contributed by atoms with Crippen LogP contribution in [0.25, 0.3) is 0 Å². The molecule has 0 aromatic heterocycles. The van der Waals surface area contributed by atoms with E-state index < -0.39 is 39.6 Å². The summed E-state index contributed by atoms with van der Waals surface area (Å²) >= 11 is 13.0. The van der Waals surface area contributed by atoms with Crippen molar-refractivity contribution < 1.29 is 23.5 Å². The number of hydrazone groups is 1. The highest BCUT2D eigenvalue weighted by Gasteiger charge is 2.50. The van der Waals surface area contributed by atoms with Crippen molar-refractivity contribution in [3.63, 3.8) is 0 Å². The second kappa shape index (κ2) is 9.88. The molecule has 0 radical (unpaired) electrons. The molecular weight excluding hydrogens is 474 g/mol. The van der Waals surface area contributed by atoms with Gasteiger partial charge in [0, 0.05) is 11.1 Å². The van der Waals surface area contributed by atoms with Gasteiger partial charge in [-0.05, 0) is 32.1 Å². The minimum absolute atomic E-state index is 0.00368. The number of alkyl halides is 1. The topological polar surface area (TPSA) is 160 Å². The fourth-order valence-electron chi connectivity index (χ4n) is 3.13. The van der Waals surface area contributed by atoms with Crippen LogP contribution in [0.3, 0.4) is 0 Å². The van der Waals surface area contributed by atoms with E-state index in [1.54, 1.807) is 13.8 Å². The molecule has 0 saturated heterocycles. The molecule has 31 heavy (non-hydrogen) atoms. The second-order valence-corrected chi connectivity index (χ2v) is 9.20. The van der Waals surface area contributed by atoms with Crippen LogP contribution in [-0.2, 0) is 18.5 Å². The molecule has 1 aliphatic rings. The lowest BCUT2D eigenvalue weighted by Crippen LogP contribution is -2.36. The number of benzene rings is 1. The molecule has 2 atom stereocenters. The molecule has 11 nitrogen and oxygen atoms in total. The standard InChI is InChI=1S/C17H19Cl2N4O7P/c1-3-29-31(28,30-4-2)16(21-20)14-7-5-11(18)10-17(14,19)13-8-6-12(22(24)25)9-15(13)23(26)27/h5-10,14H,3-4,20H2,1-2H3. The second-order valence-electron chi connectivity index (χ2n) is 6.17. The lowest BCUT2D eigenvalue weighted by Gasteiger charge is -2.35. The van der Waals surface area contributed by atoms with Gasteiger partial charge < -0.3 is 14.9 Å². The first kappa shape index (κ1) is 25.0. The number of hydrogen-bond donors (Lipinski definition) is 1. The Balaban J connectivity index is 2.77. The van der Waals surface area contributed by atoms with Gasteiger partial charge in [0.25, 0.3) is 11.4 Å². The molecule has 0 fully saturated rings. The number of hydrogen-bond acceptors (Lipinski definition) is 9. The summed E-state index contributed by atoms with van der Waals surface area (Å²) in [6, 6.07) is 2.98. The third kappa shape index (κ3) is 4.97. The van der Waals surface area contributed by atoms with Crippen molar-refractivity contribution in [2.75, 3.05) is 13.2 Å². The van der Waals surface area contributed by atoms with Gasteiger partial charge in [-0.1, -0.05) is 17.7 Å². The van der Waals surface area contributed by atoms with Crippen LogP contribution in [0, 0.1) is 26.1 Å². The van der Waals surface area contributed by atoms with Crippen LogP contribution in [0.2, 0.25) is 0 Å². The lowest BCUT2D eigenvalue weighted by molar-refractivity contribution is -0.394. The number of non-ortho nitro benzene ring substituents is 1. The van der Waals surface area contributed by atoms with Crippen molar-refractivity contribution in [2.24, 2.45) is 16.9 Å². The first-order chi connectivity index (χ1) is 14.5. The summed E-state index contributed by atoms with van der Waals surface area (Å²) in [5.74, 6) is 4.38. The molecule has 0 spiro atoms. The average molecular weight is 493 g/mol. The van der Waals surface area contributed by atoms with Gasteiger partial charge in [0.1, 0.15) is 4.87 Å². The molecule has 2 rings (SSSR count). The van der Waals surface area contributed by atoms with Crippen molar-refractivity contribution in [2.45, 2.75) is 18.7 Å². The number of rotatable bonds is 9. The van der Waals surface area contributed by atoms with Crippen LogP contribution in [0.5, 0.6) is 0 Å². The fraction of sp³-hybridized carbons (Fsp3) is 0.353. The molecule has 1 aliphatic carbocycles. The maximum absolute atomic E-state index is 13.4. The van der Waals surface area contributed by atoms with E-state index in [2.05, 4.69) is 5.10 Å². The van der Waals surface area contributed by atoms with Gasteiger partial charge in [0.05, 0.1) is 40.6 Å². The van der Waals surface area contributed by atoms with E-state index in [9.17, 15) is 24.8 Å². The maximum Gasteiger partial charge on any atom is 0.377 e. The number of nitro groups is 2. The van der Waals surface area contributed by atoms with Gasteiger partial charge >= 0.3 is 7.60 Å². The van der Waals surface area contributed by atoms with E-state index in [-0.39, 0.29) is 29.3 Å². The summed E-state index contributed by atoms with van der Waals surface area (Å²) in [6.45, 7) is 3.16. The number of allylic oxidation sites excluding steroid dienone is 4. The molecule has 0 heterocycles. The predicted molar refractivity (Wildman–Crippen MR) is 116 cm³/mol. The molecule has 1 aromatic carbocycles. The molecule has 1 aromatic rings. The Kier molecular flexibility index (Phi) is 7.96. The zero-order valence-corrected chi connectivity index (χ0v) is 18.8. The Hall–Kier alpha value is -2.30. The fourth-order valence-corrected chi connectivity index (χ4v) is 5.75. The summed E-state index contributed by atoms with van der Waals surface area (Å²) in [7, 11) is -4.04. The Bertz CT molecular complexity index is 1020. The van der Waals surface area contributed by atoms with Crippen molar-refractivity contribution in [3.8, 4) is 0 Å². The van der Waals surface area contributed by atoms with Crippen molar-refractivity contribution in [1.82, 2.24) is 0 Å². The van der Waals surface area contributed by atoms with E-state index in [4.69, 9.17) is 38.1 Å². The normalized spacial score (nSPS) is 21.6. The molecule has 0 amide bonds. The van der Waals surface area contributed by atoms with Crippen LogP contribution in [0.15, 0.2) is 46.6 Å². The zero-order valence-electron chi connectivity index (χ0n) is 16.4. The zero-order chi connectivity index (χ0) is 23.4. The highest BCUT2D eigenvalue weighted by molar-refractivity contribution is 7.72. The van der Waals surface area contributed by atoms with Crippen LogP contribution in [0.1, 0.15) is 19.4 Å². The number of nitrogens with zero attached hydrogens (tertiary/aromatic N) is 3. The molecule has 2 unspecified atom stereocenters. The summed E-state index contributed by atoms with van der Waals surface area (Å²) in [4.78, 5) is 19.4. The van der Waals surface area contributed by atoms with E-state index in [0.717, 1.165) is 18.2 Å². The summed E-state index contributed by atoms with van der Waals surface area (Å²) < 4.78 is 24.0. The molecule has 168 valence electrons.